The summed E-state index contributed by atoms with van der Waals surface area (Å²) in [4.78, 5) is 0. The molecule has 0 aliphatic rings. The first-order chi connectivity index (χ1) is 13.8. The lowest BCUT2D eigenvalue weighted by Crippen LogP contribution is -1.99. The van der Waals surface area contributed by atoms with Gasteiger partial charge in [0.2, 0.25) is 0 Å². The van der Waals surface area contributed by atoms with Gasteiger partial charge in [-0.05, 0) is 37.1 Å². The Morgan fingerprint density at radius 2 is 0.964 bits per heavy atom. The van der Waals surface area contributed by atoms with Crippen LogP contribution in [0.3, 0.4) is 0 Å². The Hall–Kier alpha value is -3.26. The highest BCUT2D eigenvalue weighted by atomic mass is 16.5. The second-order valence-electron chi connectivity index (χ2n) is 6.47. The van der Waals surface area contributed by atoms with Crippen LogP contribution < -0.4 is 9.47 Å². The van der Waals surface area contributed by atoms with E-state index in [2.05, 4.69) is 48.6 Å². The Kier molecular flexibility index (Phi) is 7.08. The Morgan fingerprint density at radius 3 is 1.36 bits per heavy atom. The van der Waals surface area contributed by atoms with E-state index >= 15 is 0 Å². The van der Waals surface area contributed by atoms with Crippen molar-refractivity contribution in [2.24, 2.45) is 0 Å². The van der Waals surface area contributed by atoms with Gasteiger partial charge in [-0.2, -0.15) is 0 Å². The van der Waals surface area contributed by atoms with Crippen molar-refractivity contribution >= 4 is 12.2 Å². The highest BCUT2D eigenvalue weighted by Crippen LogP contribution is 2.22. The molecule has 3 rings (SSSR count). The predicted molar refractivity (Wildman–Crippen MR) is 117 cm³/mol. The van der Waals surface area contributed by atoms with Crippen molar-refractivity contribution in [3.63, 3.8) is 0 Å². The van der Waals surface area contributed by atoms with Crippen LogP contribution in [0, 0.1) is 0 Å². The van der Waals surface area contributed by atoms with Gasteiger partial charge in [0.25, 0.3) is 0 Å². The molecule has 0 aliphatic heterocycles. The third kappa shape index (κ3) is 5.37. The molecule has 0 saturated heterocycles. The van der Waals surface area contributed by atoms with Crippen molar-refractivity contribution in [3.8, 4) is 11.5 Å². The zero-order valence-corrected chi connectivity index (χ0v) is 16.5. The number of para-hydroxylation sites is 2. The van der Waals surface area contributed by atoms with Crippen LogP contribution in [0.5, 0.6) is 11.5 Å². The second kappa shape index (κ2) is 10.2. The summed E-state index contributed by atoms with van der Waals surface area (Å²) < 4.78 is 12.0. The summed E-state index contributed by atoms with van der Waals surface area (Å²) in [5.41, 5.74) is 4.45. The molecule has 0 aromatic heterocycles. The van der Waals surface area contributed by atoms with Crippen LogP contribution in [-0.4, -0.2) is 0 Å². The molecule has 0 N–H and O–H groups in total. The monoisotopic (exact) mass is 370 g/mol. The molecule has 0 spiro atoms. The summed E-state index contributed by atoms with van der Waals surface area (Å²) >= 11 is 0. The molecule has 2 nitrogen and oxygen atoms in total. The molecule has 3 aromatic carbocycles. The van der Waals surface area contributed by atoms with Crippen LogP contribution in [0.1, 0.15) is 36.1 Å². The highest BCUT2D eigenvalue weighted by molar-refractivity contribution is 5.57. The maximum absolute atomic E-state index is 6.00. The van der Waals surface area contributed by atoms with Crippen LogP contribution in [-0.2, 0) is 13.2 Å². The Bertz CT molecular complexity index is 858. The molecule has 142 valence electrons. The average molecular weight is 370 g/mol. The molecule has 0 fully saturated rings. The summed E-state index contributed by atoms with van der Waals surface area (Å²) in [7, 11) is 0. The normalized spacial score (nSPS) is 11.2. The van der Waals surface area contributed by atoms with E-state index in [0.29, 0.717) is 13.2 Å². The predicted octanol–water partition coefficient (Wildman–Crippen LogP) is 6.91. The van der Waals surface area contributed by atoms with E-state index in [4.69, 9.17) is 9.47 Å². The molecule has 0 unspecified atom stereocenters. The van der Waals surface area contributed by atoms with E-state index in [9.17, 15) is 0 Å². The van der Waals surface area contributed by atoms with Crippen LogP contribution in [0.4, 0.5) is 0 Å². The van der Waals surface area contributed by atoms with Crippen LogP contribution in [0.25, 0.3) is 12.2 Å². The Labute approximate surface area is 167 Å². The van der Waals surface area contributed by atoms with Gasteiger partial charge in [-0.15, -0.1) is 0 Å². The molecular weight excluding hydrogens is 344 g/mol. The van der Waals surface area contributed by atoms with Gasteiger partial charge in [0.05, 0.1) is 0 Å². The number of benzene rings is 3. The van der Waals surface area contributed by atoms with Crippen molar-refractivity contribution < 1.29 is 9.47 Å². The smallest absolute Gasteiger partial charge is 0.127 e. The topological polar surface area (TPSA) is 18.5 Å². The number of hydrogen-bond acceptors (Lipinski definition) is 2. The van der Waals surface area contributed by atoms with Crippen molar-refractivity contribution in [2.75, 3.05) is 0 Å². The van der Waals surface area contributed by atoms with Crippen LogP contribution >= 0.6 is 0 Å². The third-order valence-electron chi connectivity index (χ3n) is 4.34. The molecule has 0 saturated carbocycles. The molecule has 0 atom stereocenters. The molecule has 28 heavy (non-hydrogen) atoms. The van der Waals surface area contributed by atoms with E-state index in [0.717, 1.165) is 33.8 Å². The standard InChI is InChI=1S/C26H26O2/c1-3-9-23-11-5-7-13-25(23)27-19-21-15-17-22(18-16-21)20-28-26-14-8-6-12-24(26)10-4-2/h3-18H,19-20H2,1-2H3/b9-3-,10-4-. The van der Waals surface area contributed by atoms with E-state index < -0.39 is 0 Å². The number of ether oxygens (including phenoxy) is 2. The van der Waals surface area contributed by atoms with E-state index in [1.165, 1.54) is 0 Å². The van der Waals surface area contributed by atoms with Gasteiger partial charge in [0.15, 0.2) is 0 Å². The highest BCUT2D eigenvalue weighted by Gasteiger charge is 2.03. The minimum absolute atomic E-state index is 0.542. The third-order valence-corrected chi connectivity index (χ3v) is 4.34. The zero-order valence-electron chi connectivity index (χ0n) is 16.5. The largest absolute Gasteiger partial charge is 0.488 e. The van der Waals surface area contributed by atoms with Crippen molar-refractivity contribution in [1.29, 1.82) is 0 Å². The number of allylic oxidation sites excluding steroid dienone is 2. The molecule has 0 radical (unpaired) electrons. The van der Waals surface area contributed by atoms with Gasteiger partial charge in [0, 0.05) is 11.1 Å². The first-order valence-electron chi connectivity index (χ1n) is 9.57. The lowest BCUT2D eigenvalue weighted by Gasteiger charge is -2.11. The Balaban J connectivity index is 1.59. The van der Waals surface area contributed by atoms with Gasteiger partial charge in [-0.25, -0.2) is 0 Å². The van der Waals surface area contributed by atoms with Crippen LogP contribution in [0.15, 0.2) is 84.9 Å². The van der Waals surface area contributed by atoms with Gasteiger partial charge >= 0.3 is 0 Å². The van der Waals surface area contributed by atoms with E-state index in [1.54, 1.807) is 0 Å². The summed E-state index contributed by atoms with van der Waals surface area (Å²) in [6.07, 6.45) is 8.15. The maximum atomic E-state index is 6.00. The fourth-order valence-electron chi connectivity index (χ4n) is 2.91. The fraction of sp³-hybridized carbons (Fsp3) is 0.154. The minimum Gasteiger partial charge on any atom is -0.488 e. The van der Waals surface area contributed by atoms with E-state index in [1.807, 2.05) is 62.4 Å². The van der Waals surface area contributed by atoms with Crippen molar-refractivity contribution in [3.05, 3.63) is 107 Å². The fourth-order valence-corrected chi connectivity index (χ4v) is 2.91. The maximum Gasteiger partial charge on any atom is 0.127 e. The van der Waals surface area contributed by atoms with Gasteiger partial charge < -0.3 is 9.47 Å². The van der Waals surface area contributed by atoms with Crippen LogP contribution in [0.2, 0.25) is 0 Å². The molecule has 0 amide bonds. The number of hydrogen-bond donors (Lipinski definition) is 0. The summed E-state index contributed by atoms with van der Waals surface area (Å²) in [6.45, 7) is 5.10. The molecule has 2 heteroatoms. The molecule has 0 bridgehead atoms. The second-order valence-corrected chi connectivity index (χ2v) is 6.47. The van der Waals surface area contributed by atoms with Gasteiger partial charge in [0.1, 0.15) is 24.7 Å². The first kappa shape index (κ1) is 19.5. The SMILES string of the molecule is C/C=C\c1ccccc1OCc1ccc(COc2ccccc2/C=C\C)cc1. The zero-order chi connectivity index (χ0) is 19.6. The van der Waals surface area contributed by atoms with Crippen molar-refractivity contribution in [1.82, 2.24) is 0 Å². The van der Waals surface area contributed by atoms with E-state index in [-0.39, 0.29) is 0 Å². The first-order valence-corrected chi connectivity index (χ1v) is 9.57. The summed E-state index contributed by atoms with van der Waals surface area (Å²) in [6, 6.07) is 24.5. The molecule has 0 aliphatic carbocycles. The Morgan fingerprint density at radius 1 is 0.571 bits per heavy atom. The molecule has 3 aromatic rings. The summed E-state index contributed by atoms with van der Waals surface area (Å²) in [5, 5.41) is 0. The van der Waals surface area contributed by atoms with Gasteiger partial charge in [-0.3, -0.25) is 0 Å². The average Bonchev–Trinajstić information content (AvgIpc) is 2.74. The minimum atomic E-state index is 0.542. The van der Waals surface area contributed by atoms with Gasteiger partial charge in [-0.1, -0.05) is 85.0 Å². The molecule has 0 heterocycles. The molecular formula is C26H26O2. The number of rotatable bonds is 8. The van der Waals surface area contributed by atoms with Crippen molar-refractivity contribution in [2.45, 2.75) is 27.1 Å². The lowest BCUT2D eigenvalue weighted by molar-refractivity contribution is 0.302. The summed E-state index contributed by atoms with van der Waals surface area (Å²) in [5.74, 6) is 1.79. The quantitative estimate of drug-likeness (QED) is 0.429. The lowest BCUT2D eigenvalue weighted by atomic mass is 10.1.